The number of halogens is 1. The predicted octanol–water partition coefficient (Wildman–Crippen LogP) is 2.40. The number of rotatable bonds is 4. The molecule has 1 aromatic carbocycles. The number of nitrogens with zero attached hydrogens (tertiary/aromatic N) is 2. The smallest absolute Gasteiger partial charge is 0.137 e. The summed E-state index contributed by atoms with van der Waals surface area (Å²) in [5.74, 6) is 0.660. The van der Waals surface area contributed by atoms with Crippen molar-refractivity contribution in [2.75, 3.05) is 13.7 Å². The zero-order chi connectivity index (χ0) is 13.1. The van der Waals surface area contributed by atoms with Crippen LogP contribution >= 0.6 is 11.6 Å². The highest BCUT2D eigenvalue weighted by Gasteiger charge is 2.14. The van der Waals surface area contributed by atoms with Crippen molar-refractivity contribution < 1.29 is 4.74 Å². The second-order valence-electron chi connectivity index (χ2n) is 4.08. The lowest BCUT2D eigenvalue weighted by atomic mass is 10.1. The van der Waals surface area contributed by atoms with Gasteiger partial charge in [0.05, 0.1) is 23.9 Å². The van der Waals surface area contributed by atoms with Gasteiger partial charge in [-0.05, 0) is 30.7 Å². The molecule has 0 saturated heterocycles. The maximum absolute atomic E-state index is 6.13. The Balaban J connectivity index is 2.36. The summed E-state index contributed by atoms with van der Waals surface area (Å²) in [7, 11) is 1.60. The van der Waals surface area contributed by atoms with E-state index in [2.05, 4.69) is 5.10 Å². The van der Waals surface area contributed by atoms with Crippen LogP contribution in [0.25, 0.3) is 0 Å². The minimum absolute atomic E-state index is 0.0119. The molecule has 1 unspecified atom stereocenters. The van der Waals surface area contributed by atoms with E-state index in [-0.39, 0.29) is 6.04 Å². The van der Waals surface area contributed by atoms with Gasteiger partial charge in [0.1, 0.15) is 5.75 Å². The lowest BCUT2D eigenvalue weighted by molar-refractivity contribution is 0.414. The Morgan fingerprint density at radius 1 is 1.44 bits per heavy atom. The summed E-state index contributed by atoms with van der Waals surface area (Å²) in [6, 6.07) is 7.61. The monoisotopic (exact) mass is 265 g/mol. The number of methoxy groups -OCH3 is 1. The molecule has 0 spiro atoms. The van der Waals surface area contributed by atoms with E-state index in [0.717, 1.165) is 11.3 Å². The van der Waals surface area contributed by atoms with Crippen LogP contribution in [0.5, 0.6) is 5.75 Å². The first kappa shape index (κ1) is 12.9. The van der Waals surface area contributed by atoms with Crippen molar-refractivity contribution in [3.8, 4) is 5.75 Å². The highest BCUT2D eigenvalue weighted by Crippen LogP contribution is 2.28. The Labute approximate surface area is 111 Å². The Kier molecular flexibility index (Phi) is 3.89. The van der Waals surface area contributed by atoms with Crippen LogP contribution in [0.1, 0.15) is 17.3 Å². The standard InChI is InChI=1S/C13H16ClN3O/c1-9-5-6-17(16-9)12(8-15)10-3-4-13(18-2)11(14)7-10/h3-7,12H,8,15H2,1-2H3. The highest BCUT2D eigenvalue weighted by molar-refractivity contribution is 6.32. The molecule has 0 fully saturated rings. The van der Waals surface area contributed by atoms with Crippen molar-refractivity contribution in [1.82, 2.24) is 9.78 Å². The molecule has 2 N–H and O–H groups in total. The molecule has 1 atom stereocenters. The average Bonchev–Trinajstić information content (AvgIpc) is 2.77. The number of hydrogen-bond acceptors (Lipinski definition) is 3. The van der Waals surface area contributed by atoms with Crippen molar-refractivity contribution in [2.24, 2.45) is 5.73 Å². The second kappa shape index (κ2) is 5.42. The molecule has 96 valence electrons. The lowest BCUT2D eigenvalue weighted by Gasteiger charge is -2.17. The molecule has 0 amide bonds. The fourth-order valence-electron chi connectivity index (χ4n) is 1.89. The molecule has 0 aliphatic rings. The van der Waals surface area contributed by atoms with E-state index in [1.54, 1.807) is 7.11 Å². The van der Waals surface area contributed by atoms with Crippen LogP contribution in [0.15, 0.2) is 30.5 Å². The quantitative estimate of drug-likeness (QED) is 0.924. The number of aromatic nitrogens is 2. The van der Waals surface area contributed by atoms with Crippen molar-refractivity contribution >= 4 is 11.6 Å². The molecule has 2 aromatic rings. The first-order valence-electron chi connectivity index (χ1n) is 5.71. The van der Waals surface area contributed by atoms with Crippen LogP contribution in [0, 0.1) is 6.92 Å². The topological polar surface area (TPSA) is 53.1 Å². The summed E-state index contributed by atoms with van der Waals surface area (Å²) in [5.41, 5.74) is 7.82. The number of hydrogen-bond donors (Lipinski definition) is 1. The Bertz CT molecular complexity index is 539. The van der Waals surface area contributed by atoms with Crippen molar-refractivity contribution in [3.63, 3.8) is 0 Å². The summed E-state index contributed by atoms with van der Waals surface area (Å²) in [6.45, 7) is 2.41. The fourth-order valence-corrected chi connectivity index (χ4v) is 2.16. The third-order valence-electron chi connectivity index (χ3n) is 2.84. The van der Waals surface area contributed by atoms with Gasteiger partial charge in [0.2, 0.25) is 0 Å². The fraction of sp³-hybridized carbons (Fsp3) is 0.308. The van der Waals surface area contributed by atoms with Gasteiger partial charge >= 0.3 is 0 Å². The highest BCUT2D eigenvalue weighted by atomic mass is 35.5. The molecular weight excluding hydrogens is 250 g/mol. The minimum atomic E-state index is -0.0119. The van der Waals surface area contributed by atoms with Gasteiger partial charge in [-0.15, -0.1) is 0 Å². The van der Waals surface area contributed by atoms with Crippen molar-refractivity contribution in [3.05, 3.63) is 46.7 Å². The average molecular weight is 266 g/mol. The molecular formula is C13H16ClN3O. The summed E-state index contributed by atoms with van der Waals surface area (Å²) in [5, 5.41) is 4.97. The molecule has 4 nitrogen and oxygen atoms in total. The van der Waals surface area contributed by atoms with Gasteiger partial charge in [0, 0.05) is 12.7 Å². The molecule has 1 aromatic heterocycles. The van der Waals surface area contributed by atoms with Gasteiger partial charge in [0.25, 0.3) is 0 Å². The summed E-state index contributed by atoms with van der Waals surface area (Å²) < 4.78 is 6.99. The van der Waals surface area contributed by atoms with Crippen LogP contribution in [0.4, 0.5) is 0 Å². The van der Waals surface area contributed by atoms with Gasteiger partial charge < -0.3 is 10.5 Å². The van der Waals surface area contributed by atoms with Gasteiger partial charge in [-0.25, -0.2) is 0 Å². The van der Waals surface area contributed by atoms with E-state index in [0.29, 0.717) is 17.3 Å². The molecule has 5 heteroatoms. The molecule has 0 bridgehead atoms. The van der Waals surface area contributed by atoms with E-state index in [1.807, 2.05) is 42.1 Å². The van der Waals surface area contributed by atoms with Crippen LogP contribution in [-0.4, -0.2) is 23.4 Å². The van der Waals surface area contributed by atoms with E-state index >= 15 is 0 Å². The second-order valence-corrected chi connectivity index (χ2v) is 4.49. The third kappa shape index (κ3) is 2.49. The van der Waals surface area contributed by atoms with Crippen LogP contribution < -0.4 is 10.5 Å². The largest absolute Gasteiger partial charge is 0.495 e. The van der Waals surface area contributed by atoms with E-state index < -0.39 is 0 Å². The van der Waals surface area contributed by atoms with Gasteiger partial charge in [-0.3, -0.25) is 4.68 Å². The lowest BCUT2D eigenvalue weighted by Crippen LogP contribution is -2.21. The minimum Gasteiger partial charge on any atom is -0.495 e. The molecule has 18 heavy (non-hydrogen) atoms. The Morgan fingerprint density at radius 2 is 2.22 bits per heavy atom. The summed E-state index contributed by atoms with van der Waals surface area (Å²) in [4.78, 5) is 0. The zero-order valence-corrected chi connectivity index (χ0v) is 11.2. The van der Waals surface area contributed by atoms with Crippen LogP contribution in [-0.2, 0) is 0 Å². The normalized spacial score (nSPS) is 12.4. The van der Waals surface area contributed by atoms with Gasteiger partial charge in [-0.2, -0.15) is 5.10 Å². The molecule has 0 saturated carbocycles. The molecule has 2 rings (SSSR count). The van der Waals surface area contributed by atoms with E-state index in [9.17, 15) is 0 Å². The number of nitrogens with two attached hydrogens (primary N) is 1. The van der Waals surface area contributed by atoms with Crippen molar-refractivity contribution in [1.29, 1.82) is 0 Å². The summed E-state index contributed by atoms with van der Waals surface area (Å²) in [6.07, 6.45) is 1.92. The molecule has 0 aliphatic heterocycles. The van der Waals surface area contributed by atoms with Gasteiger partial charge in [0.15, 0.2) is 0 Å². The molecule has 0 aliphatic carbocycles. The van der Waals surface area contributed by atoms with E-state index in [1.165, 1.54) is 0 Å². The molecule has 1 heterocycles. The first-order chi connectivity index (χ1) is 8.65. The number of ether oxygens (including phenoxy) is 1. The van der Waals surface area contributed by atoms with Crippen LogP contribution in [0.2, 0.25) is 5.02 Å². The van der Waals surface area contributed by atoms with E-state index in [4.69, 9.17) is 22.1 Å². The van der Waals surface area contributed by atoms with Crippen molar-refractivity contribution in [2.45, 2.75) is 13.0 Å². The first-order valence-corrected chi connectivity index (χ1v) is 6.08. The SMILES string of the molecule is COc1ccc(C(CN)n2ccc(C)n2)cc1Cl. The van der Waals surface area contributed by atoms with Gasteiger partial charge in [-0.1, -0.05) is 17.7 Å². The zero-order valence-electron chi connectivity index (χ0n) is 10.4. The number of benzene rings is 1. The predicted molar refractivity (Wildman–Crippen MR) is 72.2 cm³/mol. The Morgan fingerprint density at radius 3 is 2.72 bits per heavy atom. The maximum Gasteiger partial charge on any atom is 0.137 e. The summed E-state index contributed by atoms with van der Waals surface area (Å²) >= 11 is 6.13. The number of aryl methyl sites for hydroxylation is 1. The molecule has 0 radical (unpaired) electrons. The third-order valence-corrected chi connectivity index (χ3v) is 3.14. The Hall–Kier alpha value is -1.52. The van der Waals surface area contributed by atoms with Crippen LogP contribution in [0.3, 0.4) is 0 Å². The maximum atomic E-state index is 6.13.